The summed E-state index contributed by atoms with van der Waals surface area (Å²) in [4.78, 5) is 15.6. The first-order chi connectivity index (χ1) is 10.8. The molecule has 1 atom stereocenters. The maximum atomic E-state index is 11.3. The Morgan fingerprint density at radius 3 is 3.05 bits per heavy atom. The zero-order valence-corrected chi connectivity index (χ0v) is 12.0. The van der Waals surface area contributed by atoms with Crippen LogP contribution in [0.1, 0.15) is 6.42 Å². The van der Waals surface area contributed by atoms with E-state index in [9.17, 15) is 4.79 Å². The van der Waals surface area contributed by atoms with Crippen molar-refractivity contribution in [1.29, 1.82) is 0 Å². The van der Waals surface area contributed by atoms with Crippen molar-refractivity contribution < 1.29 is 10.0 Å². The molecule has 0 aliphatic heterocycles. The van der Waals surface area contributed by atoms with Crippen LogP contribution in [0.3, 0.4) is 0 Å². The maximum Gasteiger partial charge on any atom is 0.274 e. The van der Waals surface area contributed by atoms with Crippen molar-refractivity contribution in [3.63, 3.8) is 0 Å². The second-order valence-corrected chi connectivity index (χ2v) is 5.25. The minimum atomic E-state index is -0.469. The Bertz CT molecular complexity index is 752. The zero-order valence-electron chi connectivity index (χ0n) is 12.0. The van der Waals surface area contributed by atoms with Gasteiger partial charge >= 0.3 is 0 Å². The Balaban J connectivity index is 1.60. The highest BCUT2D eigenvalue weighted by Crippen LogP contribution is 2.20. The van der Waals surface area contributed by atoms with Crippen LogP contribution in [-0.4, -0.2) is 22.6 Å². The van der Waals surface area contributed by atoms with Crippen molar-refractivity contribution in [3.8, 4) is 0 Å². The second kappa shape index (κ2) is 6.41. The van der Waals surface area contributed by atoms with Crippen LogP contribution in [0.25, 0.3) is 10.9 Å². The van der Waals surface area contributed by atoms with Gasteiger partial charge in [-0.3, -0.25) is 15.0 Å². The van der Waals surface area contributed by atoms with Gasteiger partial charge in [-0.25, -0.2) is 5.48 Å². The number of nitrogens with one attached hydrogen (secondary N) is 2. The summed E-state index contributed by atoms with van der Waals surface area (Å²) in [5.74, 6) is -0.155. The second-order valence-electron chi connectivity index (χ2n) is 5.25. The molecule has 0 bridgehead atoms. The number of carbonyl (C=O) groups excluding carboxylic acids is 1. The number of benzene rings is 1. The Hall–Kier alpha value is -2.66. The number of nitrogens with zero attached hydrogens (tertiary/aromatic N) is 1. The van der Waals surface area contributed by atoms with E-state index in [1.54, 1.807) is 17.8 Å². The van der Waals surface area contributed by atoms with E-state index in [0.717, 1.165) is 29.6 Å². The van der Waals surface area contributed by atoms with Gasteiger partial charge in [-0.1, -0.05) is 30.4 Å². The van der Waals surface area contributed by atoms with Crippen LogP contribution in [0.15, 0.2) is 60.3 Å². The number of rotatable bonds is 4. The molecule has 22 heavy (non-hydrogen) atoms. The molecule has 1 aliphatic rings. The lowest BCUT2D eigenvalue weighted by Gasteiger charge is -2.17. The molecule has 1 aliphatic carbocycles. The van der Waals surface area contributed by atoms with Crippen LogP contribution in [-0.2, 0) is 4.79 Å². The number of hydrogen-bond donors (Lipinski definition) is 3. The van der Waals surface area contributed by atoms with Gasteiger partial charge in [-0.15, -0.1) is 0 Å². The van der Waals surface area contributed by atoms with Gasteiger partial charge in [0, 0.05) is 29.4 Å². The fourth-order valence-corrected chi connectivity index (χ4v) is 2.47. The van der Waals surface area contributed by atoms with E-state index in [4.69, 9.17) is 5.21 Å². The van der Waals surface area contributed by atoms with Crippen LogP contribution < -0.4 is 10.8 Å². The summed E-state index contributed by atoms with van der Waals surface area (Å²) in [7, 11) is 0. The monoisotopic (exact) mass is 295 g/mol. The molecule has 1 amide bonds. The predicted octanol–water partition coefficient (Wildman–Crippen LogP) is 2.65. The van der Waals surface area contributed by atoms with Gasteiger partial charge in [0.15, 0.2) is 0 Å². The highest BCUT2D eigenvalue weighted by Gasteiger charge is 2.13. The van der Waals surface area contributed by atoms with E-state index in [1.807, 2.05) is 42.5 Å². The molecule has 3 rings (SSSR count). The van der Waals surface area contributed by atoms with Gasteiger partial charge in [0.25, 0.3) is 5.91 Å². The summed E-state index contributed by atoms with van der Waals surface area (Å²) in [5.41, 5.74) is 4.13. The number of aromatic nitrogens is 1. The molecule has 1 aromatic heterocycles. The molecule has 1 aromatic carbocycles. The summed E-state index contributed by atoms with van der Waals surface area (Å²) in [6.07, 6.45) is 8.10. The van der Waals surface area contributed by atoms with Crippen molar-refractivity contribution >= 4 is 22.5 Å². The lowest BCUT2D eigenvalue weighted by atomic mass is 9.96. The number of hydroxylamine groups is 1. The van der Waals surface area contributed by atoms with Crippen molar-refractivity contribution in [1.82, 2.24) is 10.5 Å². The first-order valence-electron chi connectivity index (χ1n) is 7.18. The van der Waals surface area contributed by atoms with E-state index in [0.29, 0.717) is 11.5 Å². The smallest absolute Gasteiger partial charge is 0.274 e. The molecule has 2 aromatic rings. The predicted molar refractivity (Wildman–Crippen MR) is 85.5 cm³/mol. The average Bonchev–Trinajstić information content (AvgIpc) is 2.59. The largest absolute Gasteiger partial charge is 0.384 e. The van der Waals surface area contributed by atoms with Crippen LogP contribution in [0, 0.1) is 5.92 Å². The van der Waals surface area contributed by atoms with Gasteiger partial charge in [0.1, 0.15) is 0 Å². The minimum Gasteiger partial charge on any atom is -0.384 e. The van der Waals surface area contributed by atoms with Crippen molar-refractivity contribution in [2.45, 2.75) is 6.42 Å². The third-order valence-electron chi connectivity index (χ3n) is 3.73. The molecular formula is C17H17N3O2. The van der Waals surface area contributed by atoms with Gasteiger partial charge in [-0.2, -0.15) is 0 Å². The standard InChI is InChI=1S/C17H17N3O2/c21-17(20-22)14-5-3-12(4-6-14)11-19-15-8-7-13-2-1-9-18-16(13)10-15/h1-3,5-10,12,19,22H,4,11H2,(H,20,21). The Morgan fingerprint density at radius 1 is 1.36 bits per heavy atom. The van der Waals surface area contributed by atoms with Gasteiger partial charge in [0.05, 0.1) is 5.52 Å². The van der Waals surface area contributed by atoms with Crippen LogP contribution >= 0.6 is 0 Å². The Labute approximate surface area is 128 Å². The highest BCUT2D eigenvalue weighted by molar-refractivity contribution is 5.95. The summed E-state index contributed by atoms with van der Waals surface area (Å²) in [6, 6.07) is 10.1. The number of pyridine rings is 1. The minimum absolute atomic E-state index is 0.315. The van der Waals surface area contributed by atoms with E-state index in [1.165, 1.54) is 0 Å². The Morgan fingerprint density at radius 2 is 2.27 bits per heavy atom. The lowest BCUT2D eigenvalue weighted by molar-refractivity contribution is -0.124. The third kappa shape index (κ3) is 3.15. The number of hydrogen-bond acceptors (Lipinski definition) is 4. The molecule has 1 heterocycles. The molecule has 5 nitrogen and oxygen atoms in total. The first-order valence-corrected chi connectivity index (χ1v) is 7.18. The van der Waals surface area contributed by atoms with Crippen molar-refractivity contribution in [2.75, 3.05) is 11.9 Å². The maximum absolute atomic E-state index is 11.3. The molecule has 0 fully saturated rings. The van der Waals surface area contributed by atoms with Crippen molar-refractivity contribution in [3.05, 3.63) is 60.3 Å². The molecule has 0 saturated heterocycles. The summed E-state index contributed by atoms with van der Waals surface area (Å²) in [5, 5.41) is 13.1. The highest BCUT2D eigenvalue weighted by atomic mass is 16.5. The summed E-state index contributed by atoms with van der Waals surface area (Å²) >= 11 is 0. The fourth-order valence-electron chi connectivity index (χ4n) is 2.47. The van der Waals surface area contributed by atoms with Crippen molar-refractivity contribution in [2.24, 2.45) is 5.92 Å². The van der Waals surface area contributed by atoms with Gasteiger partial charge in [-0.05, 0) is 30.5 Å². The quantitative estimate of drug-likeness (QED) is 0.599. The molecule has 112 valence electrons. The third-order valence-corrected chi connectivity index (χ3v) is 3.73. The molecule has 3 N–H and O–H groups in total. The number of fused-ring (bicyclic) bond motifs is 1. The normalized spacial score (nSPS) is 17.1. The number of anilines is 1. The van der Waals surface area contributed by atoms with E-state index >= 15 is 0 Å². The summed E-state index contributed by atoms with van der Waals surface area (Å²) in [6.45, 7) is 0.777. The molecular weight excluding hydrogens is 278 g/mol. The summed E-state index contributed by atoms with van der Waals surface area (Å²) < 4.78 is 0. The molecule has 0 radical (unpaired) electrons. The van der Waals surface area contributed by atoms with Gasteiger partial charge < -0.3 is 5.32 Å². The molecule has 0 saturated carbocycles. The average molecular weight is 295 g/mol. The fraction of sp³-hybridized carbons (Fsp3) is 0.176. The van der Waals surface area contributed by atoms with Crippen LogP contribution in [0.2, 0.25) is 0 Å². The molecule has 5 heteroatoms. The zero-order chi connectivity index (χ0) is 15.4. The first kappa shape index (κ1) is 14.3. The molecule has 0 spiro atoms. The van der Waals surface area contributed by atoms with Crippen LogP contribution in [0.5, 0.6) is 0 Å². The molecule has 1 unspecified atom stereocenters. The van der Waals surface area contributed by atoms with E-state index in [-0.39, 0.29) is 0 Å². The number of amides is 1. The number of carbonyl (C=O) groups is 1. The van der Waals surface area contributed by atoms with E-state index < -0.39 is 5.91 Å². The lowest BCUT2D eigenvalue weighted by Crippen LogP contribution is -2.22. The Kier molecular flexibility index (Phi) is 4.16. The van der Waals surface area contributed by atoms with E-state index in [2.05, 4.69) is 10.3 Å². The van der Waals surface area contributed by atoms with Crippen LogP contribution in [0.4, 0.5) is 5.69 Å². The topological polar surface area (TPSA) is 74.2 Å². The SMILES string of the molecule is O=C(NO)C1=CCC(CNc2ccc3cccnc3c2)C=C1. The number of allylic oxidation sites excluding steroid dienone is 1. The van der Waals surface area contributed by atoms with Gasteiger partial charge in [0.2, 0.25) is 0 Å².